The number of hydrogen-bond donors (Lipinski definition) is 0. The predicted molar refractivity (Wildman–Crippen MR) is 92.6 cm³/mol. The molecule has 0 amide bonds. The third kappa shape index (κ3) is 2.95. The smallest absolute Gasteiger partial charge is 0.241 e. The zero-order valence-electron chi connectivity index (χ0n) is 14.8. The van der Waals surface area contributed by atoms with Gasteiger partial charge in [0.1, 0.15) is 0 Å². The summed E-state index contributed by atoms with van der Waals surface area (Å²) in [4.78, 5) is 11.1. The molecule has 4 rings (SSSR count). The molecule has 0 radical (unpaired) electrons. The van der Waals surface area contributed by atoms with Crippen LogP contribution in [0.1, 0.15) is 41.7 Å². The second-order valence-corrected chi connectivity index (χ2v) is 6.59. The molecule has 1 saturated heterocycles. The van der Waals surface area contributed by atoms with Crippen LogP contribution in [-0.2, 0) is 13.6 Å². The van der Waals surface area contributed by atoms with E-state index in [1.165, 1.54) is 17.7 Å². The molecule has 0 spiro atoms. The van der Waals surface area contributed by atoms with Crippen LogP contribution in [0.3, 0.4) is 0 Å². The fourth-order valence-corrected chi connectivity index (χ4v) is 3.72. The maximum absolute atomic E-state index is 5.48. The number of pyridine rings is 1. The summed E-state index contributed by atoms with van der Waals surface area (Å²) in [6.45, 7) is 5.92. The van der Waals surface area contributed by atoms with Crippen LogP contribution in [0.4, 0.5) is 0 Å². The number of aromatic nitrogens is 5. The molecular weight excluding hydrogens is 316 g/mol. The van der Waals surface area contributed by atoms with E-state index in [-0.39, 0.29) is 0 Å². The van der Waals surface area contributed by atoms with Crippen LogP contribution < -0.4 is 0 Å². The van der Waals surface area contributed by atoms with Gasteiger partial charge in [0, 0.05) is 42.3 Å². The van der Waals surface area contributed by atoms with E-state index in [2.05, 4.69) is 39.0 Å². The second-order valence-electron chi connectivity index (χ2n) is 6.59. The first kappa shape index (κ1) is 16.0. The van der Waals surface area contributed by atoms with E-state index in [0.717, 1.165) is 24.2 Å². The quantitative estimate of drug-likeness (QED) is 0.728. The van der Waals surface area contributed by atoms with E-state index in [9.17, 15) is 0 Å². The van der Waals surface area contributed by atoms with E-state index < -0.39 is 0 Å². The Morgan fingerprint density at radius 2 is 2.20 bits per heavy atom. The van der Waals surface area contributed by atoms with E-state index in [1.807, 2.05) is 23.9 Å². The van der Waals surface area contributed by atoms with Crippen molar-refractivity contribution in [2.45, 2.75) is 39.3 Å². The first-order valence-corrected chi connectivity index (χ1v) is 8.60. The summed E-state index contributed by atoms with van der Waals surface area (Å²) in [5, 5.41) is 8.67. The summed E-state index contributed by atoms with van der Waals surface area (Å²) in [7, 11) is 2.00. The van der Waals surface area contributed by atoms with Crippen molar-refractivity contribution in [1.82, 2.24) is 29.8 Å². The molecule has 1 atom stereocenters. The first-order valence-electron chi connectivity index (χ1n) is 8.60. The van der Waals surface area contributed by atoms with Crippen molar-refractivity contribution in [1.29, 1.82) is 0 Å². The second kappa shape index (κ2) is 6.40. The van der Waals surface area contributed by atoms with Gasteiger partial charge in [0.25, 0.3) is 0 Å². The van der Waals surface area contributed by atoms with Gasteiger partial charge < -0.3 is 4.52 Å². The van der Waals surface area contributed by atoms with Gasteiger partial charge in [-0.2, -0.15) is 10.1 Å². The van der Waals surface area contributed by atoms with Gasteiger partial charge in [0.05, 0.1) is 12.2 Å². The highest BCUT2D eigenvalue weighted by molar-refractivity contribution is 5.51. The van der Waals surface area contributed by atoms with Gasteiger partial charge >= 0.3 is 0 Å². The molecule has 0 aromatic carbocycles. The molecule has 7 heteroatoms. The average Bonchev–Trinajstić information content (AvgIpc) is 3.31. The molecule has 1 aliphatic heterocycles. The number of aryl methyl sites for hydroxylation is 2. The summed E-state index contributed by atoms with van der Waals surface area (Å²) in [5.41, 5.74) is 4.55. The normalized spacial score (nSPS) is 18.1. The largest absolute Gasteiger partial charge is 0.338 e. The van der Waals surface area contributed by atoms with Crippen molar-refractivity contribution in [2.75, 3.05) is 6.54 Å². The summed E-state index contributed by atoms with van der Waals surface area (Å²) < 4.78 is 7.45. The number of likely N-dealkylation sites (tertiary alicyclic amines) is 1. The molecular formula is C18H22N6O. The lowest BCUT2D eigenvalue weighted by atomic mass is 10.0. The minimum Gasteiger partial charge on any atom is -0.338 e. The molecule has 0 aliphatic carbocycles. The molecule has 3 aromatic rings. The monoisotopic (exact) mass is 338 g/mol. The minimum absolute atomic E-state index is 0.363. The van der Waals surface area contributed by atoms with Crippen molar-refractivity contribution in [3.8, 4) is 11.4 Å². The van der Waals surface area contributed by atoms with E-state index in [0.29, 0.717) is 24.3 Å². The van der Waals surface area contributed by atoms with Gasteiger partial charge in [0.2, 0.25) is 11.7 Å². The molecule has 0 saturated carbocycles. The van der Waals surface area contributed by atoms with E-state index >= 15 is 0 Å². The predicted octanol–water partition coefficient (Wildman–Crippen LogP) is 2.82. The highest BCUT2D eigenvalue weighted by Crippen LogP contribution is 2.36. The molecule has 0 bridgehead atoms. The van der Waals surface area contributed by atoms with Crippen LogP contribution in [0, 0.1) is 13.8 Å². The van der Waals surface area contributed by atoms with Gasteiger partial charge in [-0.15, -0.1) is 0 Å². The third-order valence-corrected chi connectivity index (χ3v) is 4.99. The standard InChI is InChI=1S/C18H22N6O/c1-12-17(13(2)23(3)21-12)15-7-5-9-24(15)11-16-20-18(22-25-16)14-6-4-8-19-10-14/h4,6,8,10,15H,5,7,9,11H2,1-3H3. The Morgan fingerprint density at radius 1 is 1.32 bits per heavy atom. The molecule has 4 heterocycles. The lowest BCUT2D eigenvalue weighted by Gasteiger charge is -2.23. The lowest BCUT2D eigenvalue weighted by Crippen LogP contribution is -2.23. The van der Waals surface area contributed by atoms with Gasteiger partial charge in [-0.25, -0.2) is 0 Å². The highest BCUT2D eigenvalue weighted by atomic mass is 16.5. The van der Waals surface area contributed by atoms with Crippen molar-refractivity contribution in [2.24, 2.45) is 7.05 Å². The molecule has 25 heavy (non-hydrogen) atoms. The Bertz CT molecular complexity index is 869. The van der Waals surface area contributed by atoms with E-state index in [1.54, 1.807) is 12.4 Å². The van der Waals surface area contributed by atoms with Crippen LogP contribution in [0.25, 0.3) is 11.4 Å². The van der Waals surface area contributed by atoms with Crippen molar-refractivity contribution in [3.05, 3.63) is 47.4 Å². The molecule has 7 nitrogen and oxygen atoms in total. The van der Waals surface area contributed by atoms with Crippen LogP contribution in [0.15, 0.2) is 29.0 Å². The first-order chi connectivity index (χ1) is 12.1. The molecule has 1 unspecified atom stereocenters. The number of rotatable bonds is 4. The Labute approximate surface area is 146 Å². The summed E-state index contributed by atoms with van der Waals surface area (Å²) >= 11 is 0. The topological polar surface area (TPSA) is 72.9 Å². The molecule has 1 fully saturated rings. The fourth-order valence-electron chi connectivity index (χ4n) is 3.72. The van der Waals surface area contributed by atoms with Crippen molar-refractivity contribution in [3.63, 3.8) is 0 Å². The van der Waals surface area contributed by atoms with Crippen molar-refractivity contribution >= 4 is 0 Å². The van der Waals surface area contributed by atoms with Crippen LogP contribution >= 0.6 is 0 Å². The molecule has 1 aliphatic rings. The molecule has 0 N–H and O–H groups in total. The maximum atomic E-state index is 5.48. The van der Waals surface area contributed by atoms with Gasteiger partial charge in [-0.05, 0) is 45.4 Å². The Hall–Kier alpha value is -2.54. The minimum atomic E-state index is 0.363. The zero-order chi connectivity index (χ0) is 17.4. The highest BCUT2D eigenvalue weighted by Gasteiger charge is 2.31. The van der Waals surface area contributed by atoms with Gasteiger partial charge in [-0.3, -0.25) is 14.6 Å². The number of nitrogens with zero attached hydrogens (tertiary/aromatic N) is 6. The zero-order valence-corrected chi connectivity index (χ0v) is 14.8. The average molecular weight is 338 g/mol. The Morgan fingerprint density at radius 3 is 2.92 bits per heavy atom. The van der Waals surface area contributed by atoms with Crippen LogP contribution in [0.2, 0.25) is 0 Å². The number of hydrogen-bond acceptors (Lipinski definition) is 6. The summed E-state index contributed by atoms with van der Waals surface area (Å²) in [6, 6.07) is 4.17. The summed E-state index contributed by atoms with van der Waals surface area (Å²) in [5.74, 6) is 1.23. The van der Waals surface area contributed by atoms with E-state index in [4.69, 9.17) is 4.52 Å². The fraction of sp³-hybridized carbons (Fsp3) is 0.444. The molecule has 130 valence electrons. The Kier molecular flexibility index (Phi) is 4.09. The Balaban J connectivity index is 1.55. The van der Waals surface area contributed by atoms with Crippen LogP contribution in [0.5, 0.6) is 0 Å². The van der Waals surface area contributed by atoms with Gasteiger partial charge in [-0.1, -0.05) is 5.16 Å². The third-order valence-electron chi connectivity index (χ3n) is 4.99. The maximum Gasteiger partial charge on any atom is 0.241 e. The van der Waals surface area contributed by atoms with Crippen molar-refractivity contribution < 1.29 is 4.52 Å². The van der Waals surface area contributed by atoms with Gasteiger partial charge in [0.15, 0.2) is 0 Å². The SMILES string of the molecule is Cc1nn(C)c(C)c1C1CCCN1Cc1nc(-c2cccnc2)no1. The lowest BCUT2D eigenvalue weighted by molar-refractivity contribution is 0.211. The molecule has 3 aromatic heterocycles. The van der Waals surface area contributed by atoms with Crippen LogP contribution in [-0.4, -0.2) is 36.3 Å². The summed E-state index contributed by atoms with van der Waals surface area (Å²) in [6.07, 6.45) is 5.78.